The van der Waals surface area contributed by atoms with Crippen LogP contribution in [0, 0.1) is 6.92 Å². The highest BCUT2D eigenvalue weighted by Crippen LogP contribution is 2.23. The van der Waals surface area contributed by atoms with Crippen molar-refractivity contribution in [2.45, 2.75) is 12.1 Å². The molecule has 0 saturated heterocycles. The molecule has 3 rings (SSSR count). The number of hydrogen-bond donors (Lipinski definition) is 1. The summed E-state index contributed by atoms with van der Waals surface area (Å²) in [6, 6.07) is 8.86. The molecule has 2 aromatic heterocycles. The zero-order valence-electron chi connectivity index (χ0n) is 12.6. The number of fused-ring (bicyclic) bond motifs is 1. The Morgan fingerprint density at radius 3 is 2.92 bits per heavy atom. The van der Waals surface area contributed by atoms with Gasteiger partial charge in [0.1, 0.15) is 17.0 Å². The van der Waals surface area contributed by atoms with Gasteiger partial charge in [-0.05, 0) is 19.1 Å². The number of aromatic nitrogens is 2. The van der Waals surface area contributed by atoms with E-state index in [4.69, 9.17) is 13.7 Å². The molecular weight excluding hydrogens is 334 g/mol. The highest BCUT2D eigenvalue weighted by molar-refractivity contribution is 7.99. The number of thioether (sulfide) groups is 1. The van der Waals surface area contributed by atoms with Crippen LogP contribution in [0.3, 0.4) is 0 Å². The van der Waals surface area contributed by atoms with E-state index in [0.29, 0.717) is 16.6 Å². The molecule has 0 saturated carbocycles. The van der Waals surface area contributed by atoms with E-state index < -0.39 is 18.5 Å². The van der Waals surface area contributed by atoms with E-state index in [9.17, 15) is 9.59 Å². The van der Waals surface area contributed by atoms with Crippen molar-refractivity contribution in [2.24, 2.45) is 0 Å². The predicted octanol–water partition coefficient (Wildman–Crippen LogP) is 2.40. The molecule has 0 unspecified atom stereocenters. The molecule has 1 amide bonds. The minimum Gasteiger partial charge on any atom is -0.455 e. The van der Waals surface area contributed by atoms with Crippen molar-refractivity contribution < 1.29 is 23.3 Å². The lowest BCUT2D eigenvalue weighted by molar-refractivity contribution is -0.144. The number of carbonyl (C=O) groups excluding carboxylic acids is 2. The minimum atomic E-state index is -0.547. The van der Waals surface area contributed by atoms with Crippen molar-refractivity contribution in [1.29, 1.82) is 0 Å². The zero-order chi connectivity index (χ0) is 16.9. The third-order valence-electron chi connectivity index (χ3n) is 2.85. The molecule has 0 bridgehead atoms. The van der Waals surface area contributed by atoms with Crippen molar-refractivity contribution in [3.8, 4) is 0 Å². The number of anilines is 1. The molecular formula is C15H13N3O5S. The van der Waals surface area contributed by atoms with E-state index in [2.05, 4.69) is 15.5 Å². The maximum atomic E-state index is 11.7. The van der Waals surface area contributed by atoms with Crippen LogP contribution in [0.15, 0.2) is 44.5 Å². The summed E-state index contributed by atoms with van der Waals surface area (Å²) >= 11 is 1.10. The van der Waals surface area contributed by atoms with Crippen LogP contribution in [0.5, 0.6) is 0 Å². The third-order valence-corrected chi connectivity index (χ3v) is 3.65. The number of aryl methyl sites for hydroxylation is 1. The number of benzene rings is 1. The summed E-state index contributed by atoms with van der Waals surface area (Å²) in [6.07, 6.45) is 0. The number of nitrogens with zero attached hydrogens (tertiary/aromatic N) is 2. The van der Waals surface area contributed by atoms with Crippen molar-refractivity contribution in [1.82, 2.24) is 10.1 Å². The average Bonchev–Trinajstić information content (AvgIpc) is 3.16. The van der Waals surface area contributed by atoms with E-state index >= 15 is 0 Å². The normalized spacial score (nSPS) is 10.7. The molecule has 1 aromatic carbocycles. The molecule has 9 heteroatoms. The van der Waals surface area contributed by atoms with Gasteiger partial charge in [-0.25, -0.2) is 4.98 Å². The highest BCUT2D eigenvalue weighted by atomic mass is 32.2. The van der Waals surface area contributed by atoms with Gasteiger partial charge in [0.05, 0.1) is 0 Å². The highest BCUT2D eigenvalue weighted by Gasteiger charge is 2.12. The Morgan fingerprint density at radius 1 is 1.33 bits per heavy atom. The number of rotatable bonds is 6. The molecule has 124 valence electrons. The van der Waals surface area contributed by atoms with Crippen molar-refractivity contribution in [2.75, 3.05) is 17.7 Å². The number of hydrogen-bond acceptors (Lipinski definition) is 8. The zero-order valence-corrected chi connectivity index (χ0v) is 13.5. The first-order valence-corrected chi connectivity index (χ1v) is 7.96. The number of amides is 1. The molecule has 0 aliphatic carbocycles. The van der Waals surface area contributed by atoms with E-state index in [0.717, 1.165) is 17.3 Å². The molecule has 0 aliphatic rings. The Kier molecular flexibility index (Phi) is 4.80. The van der Waals surface area contributed by atoms with Crippen LogP contribution < -0.4 is 5.32 Å². The Hall–Kier alpha value is -2.81. The summed E-state index contributed by atoms with van der Waals surface area (Å²) in [5.74, 6) is -0.216. The molecule has 0 fully saturated rings. The standard InChI is InChI=1S/C15H13N3O5S/c1-9-6-12(18-23-9)17-13(19)7-21-14(20)8-24-15-16-10-4-2-3-5-11(10)22-15/h2-6H,7-8H2,1H3,(H,17,18,19). The Morgan fingerprint density at radius 2 is 2.17 bits per heavy atom. The van der Waals surface area contributed by atoms with E-state index in [-0.39, 0.29) is 11.6 Å². The summed E-state index contributed by atoms with van der Waals surface area (Å²) < 4.78 is 15.2. The van der Waals surface area contributed by atoms with Gasteiger partial charge in [0.15, 0.2) is 18.0 Å². The Balaban J connectivity index is 1.43. The summed E-state index contributed by atoms with van der Waals surface area (Å²) in [5.41, 5.74) is 1.37. The van der Waals surface area contributed by atoms with Gasteiger partial charge >= 0.3 is 5.97 Å². The van der Waals surface area contributed by atoms with E-state index in [1.54, 1.807) is 19.1 Å². The second-order valence-corrected chi connectivity index (χ2v) is 5.69. The minimum absolute atomic E-state index is 0.0107. The molecule has 3 aromatic rings. The van der Waals surface area contributed by atoms with Crippen LogP contribution >= 0.6 is 11.8 Å². The molecule has 0 radical (unpaired) electrons. The molecule has 24 heavy (non-hydrogen) atoms. The molecule has 2 heterocycles. The lowest BCUT2D eigenvalue weighted by Gasteiger charge is -2.03. The Labute approximate surface area is 140 Å². The summed E-state index contributed by atoms with van der Waals surface area (Å²) in [7, 11) is 0. The number of nitrogens with one attached hydrogen (secondary N) is 1. The van der Waals surface area contributed by atoms with E-state index in [1.165, 1.54) is 0 Å². The van der Waals surface area contributed by atoms with Gasteiger partial charge < -0.3 is 19.0 Å². The maximum Gasteiger partial charge on any atom is 0.316 e. The quantitative estimate of drug-likeness (QED) is 0.535. The first-order valence-electron chi connectivity index (χ1n) is 6.97. The summed E-state index contributed by atoms with van der Waals surface area (Å²) in [4.78, 5) is 27.5. The van der Waals surface area contributed by atoms with Gasteiger partial charge in [0, 0.05) is 6.07 Å². The molecule has 0 atom stereocenters. The average molecular weight is 347 g/mol. The van der Waals surface area contributed by atoms with Gasteiger partial charge in [-0.3, -0.25) is 9.59 Å². The number of ether oxygens (including phenoxy) is 1. The van der Waals surface area contributed by atoms with Gasteiger partial charge in [-0.2, -0.15) is 0 Å². The maximum absolute atomic E-state index is 11.7. The largest absolute Gasteiger partial charge is 0.455 e. The van der Waals surface area contributed by atoms with Crippen molar-refractivity contribution >= 4 is 40.6 Å². The number of oxazole rings is 1. The van der Waals surface area contributed by atoms with Crippen molar-refractivity contribution in [3.63, 3.8) is 0 Å². The second-order valence-electron chi connectivity index (χ2n) is 4.77. The fourth-order valence-electron chi connectivity index (χ4n) is 1.83. The number of para-hydroxylation sites is 2. The van der Waals surface area contributed by atoms with Crippen LogP contribution in [-0.4, -0.2) is 34.4 Å². The lowest BCUT2D eigenvalue weighted by atomic mass is 10.3. The van der Waals surface area contributed by atoms with E-state index in [1.807, 2.05) is 18.2 Å². The smallest absolute Gasteiger partial charge is 0.316 e. The van der Waals surface area contributed by atoms with Gasteiger partial charge in [0.2, 0.25) is 0 Å². The monoisotopic (exact) mass is 347 g/mol. The molecule has 8 nitrogen and oxygen atoms in total. The van der Waals surface area contributed by atoms with Crippen LogP contribution in [-0.2, 0) is 14.3 Å². The van der Waals surface area contributed by atoms with Gasteiger partial charge in [-0.1, -0.05) is 29.1 Å². The number of esters is 1. The molecule has 1 N–H and O–H groups in total. The van der Waals surface area contributed by atoms with Crippen LogP contribution in [0.1, 0.15) is 5.76 Å². The number of carbonyl (C=O) groups is 2. The summed E-state index contributed by atoms with van der Waals surface area (Å²) in [5, 5.41) is 6.43. The Bertz CT molecular complexity index is 840. The summed E-state index contributed by atoms with van der Waals surface area (Å²) in [6.45, 7) is 1.30. The van der Waals surface area contributed by atoms with Gasteiger partial charge in [0.25, 0.3) is 11.1 Å². The van der Waals surface area contributed by atoms with Crippen molar-refractivity contribution in [3.05, 3.63) is 36.1 Å². The molecule has 0 aliphatic heterocycles. The van der Waals surface area contributed by atoms with Gasteiger partial charge in [-0.15, -0.1) is 0 Å². The fourth-order valence-corrected chi connectivity index (χ4v) is 2.46. The lowest BCUT2D eigenvalue weighted by Crippen LogP contribution is -2.21. The van der Waals surface area contributed by atoms with Crippen LogP contribution in [0.2, 0.25) is 0 Å². The van der Waals surface area contributed by atoms with Crippen LogP contribution in [0.25, 0.3) is 11.1 Å². The second kappa shape index (κ2) is 7.18. The molecule has 0 spiro atoms. The third kappa shape index (κ3) is 4.13. The first-order chi connectivity index (χ1) is 11.6. The fraction of sp³-hybridized carbons (Fsp3) is 0.200. The first kappa shape index (κ1) is 16.1. The predicted molar refractivity (Wildman–Crippen MR) is 85.6 cm³/mol. The topological polar surface area (TPSA) is 107 Å². The SMILES string of the molecule is Cc1cc(NC(=O)COC(=O)CSc2nc3ccccc3o2)no1. The van der Waals surface area contributed by atoms with Crippen LogP contribution in [0.4, 0.5) is 5.82 Å².